The molecular weight excluding hydrogens is 1380 g/mol. The van der Waals surface area contributed by atoms with Gasteiger partial charge in [0.1, 0.15) is 19.3 Å². The van der Waals surface area contributed by atoms with Crippen molar-refractivity contribution in [1.29, 1.82) is 0 Å². The van der Waals surface area contributed by atoms with Crippen molar-refractivity contribution in [2.75, 3.05) is 39.6 Å². The Labute approximate surface area is 642 Å². The number of phosphoric acid groups is 2. The topological polar surface area (TPSA) is 237 Å². The van der Waals surface area contributed by atoms with E-state index in [1.807, 2.05) is 30.4 Å². The number of phosphoric ester groups is 2. The van der Waals surface area contributed by atoms with Gasteiger partial charge in [-0.2, -0.15) is 0 Å². The molecular formula is C87H144O17P2. The van der Waals surface area contributed by atoms with Gasteiger partial charge in [0.25, 0.3) is 0 Å². The lowest BCUT2D eigenvalue weighted by atomic mass is 10.1. The molecule has 2 unspecified atom stereocenters. The van der Waals surface area contributed by atoms with Gasteiger partial charge in [0, 0.05) is 25.7 Å². The van der Waals surface area contributed by atoms with Crippen molar-refractivity contribution in [2.24, 2.45) is 0 Å². The standard InChI is InChI=1S/C87H144O17P2/c1-5-9-13-17-21-25-29-33-37-39-40-42-46-50-54-58-62-66-70-74-87(92)104-83(78-98-85(90)72-68-64-60-56-52-48-45-41-38-34-30-26-22-18-14-10-6-2)80-102-106(95,96)100-76-81(88)75-99-105(93,94)101-79-82(103-86(91)73-69-65-61-57-53-49-44-36-32-28-24-20-16-12-8-4)77-97-84(89)71-67-63-59-55-51-47-43-35-31-27-23-19-15-11-7-3/h21-28,33-38,40,42-45,48,50,54,56,60,62,66,81-83,88H,5-20,29-32,39,41,46-47,49,51-53,55,57-59,61,63-65,67-80H2,1-4H3,(H,93,94)(H,95,96)/b25-21-,26-22-,27-23-,28-24-,37-33-,38-34-,42-40-,43-35-,44-36-,48-45-,54-50-,60-56-,66-62-/t81-,82+,83+/m0/s1. The van der Waals surface area contributed by atoms with Gasteiger partial charge in [-0.3, -0.25) is 37.3 Å². The highest BCUT2D eigenvalue weighted by Gasteiger charge is 2.30. The van der Waals surface area contributed by atoms with Gasteiger partial charge in [0.15, 0.2) is 12.2 Å². The minimum absolute atomic E-state index is 0.0456. The molecule has 106 heavy (non-hydrogen) atoms. The molecule has 0 heterocycles. The van der Waals surface area contributed by atoms with Crippen LogP contribution in [0.1, 0.15) is 310 Å². The summed E-state index contributed by atoms with van der Waals surface area (Å²) < 4.78 is 68.5. The Morgan fingerprint density at radius 2 is 0.491 bits per heavy atom. The molecule has 0 amide bonds. The highest BCUT2D eigenvalue weighted by Crippen LogP contribution is 2.45. The summed E-state index contributed by atoms with van der Waals surface area (Å²) in [5.74, 6) is -2.38. The van der Waals surface area contributed by atoms with Crippen molar-refractivity contribution in [1.82, 2.24) is 0 Å². The van der Waals surface area contributed by atoms with Gasteiger partial charge in [0.05, 0.1) is 26.4 Å². The number of aliphatic hydroxyl groups is 1. The van der Waals surface area contributed by atoms with E-state index in [2.05, 4.69) is 155 Å². The summed E-state index contributed by atoms with van der Waals surface area (Å²) in [5.41, 5.74) is 0. The molecule has 17 nitrogen and oxygen atoms in total. The fourth-order valence-electron chi connectivity index (χ4n) is 10.2. The van der Waals surface area contributed by atoms with Crippen molar-refractivity contribution >= 4 is 39.5 Å². The zero-order valence-electron chi connectivity index (χ0n) is 66.1. The van der Waals surface area contributed by atoms with E-state index < -0.39 is 97.5 Å². The van der Waals surface area contributed by atoms with Crippen LogP contribution in [0, 0.1) is 0 Å². The highest BCUT2D eigenvalue weighted by molar-refractivity contribution is 7.47. The number of hydrogen-bond acceptors (Lipinski definition) is 15. The molecule has 0 aromatic carbocycles. The van der Waals surface area contributed by atoms with E-state index in [1.165, 1.54) is 77.0 Å². The van der Waals surface area contributed by atoms with Crippen molar-refractivity contribution in [2.45, 2.75) is 329 Å². The Balaban J connectivity index is 5.53. The van der Waals surface area contributed by atoms with Crippen LogP contribution in [0.4, 0.5) is 0 Å². The Morgan fingerprint density at radius 1 is 0.264 bits per heavy atom. The fourth-order valence-corrected chi connectivity index (χ4v) is 11.8. The second-order valence-corrected chi connectivity index (χ2v) is 29.5. The largest absolute Gasteiger partial charge is 0.472 e. The smallest absolute Gasteiger partial charge is 0.462 e. The summed E-state index contributed by atoms with van der Waals surface area (Å²) in [6, 6.07) is 0. The highest BCUT2D eigenvalue weighted by atomic mass is 31.2. The average Bonchev–Trinajstić information content (AvgIpc) is 0.902. The number of allylic oxidation sites excluding steroid dienone is 26. The SMILES string of the molecule is CCCCC/C=C\C/C=C\C/C=C\C/C=C\C/C=C\CCC(=O)O[C@H](COC(=O)CCC/C=C\C/C=C\C/C=C\C/C=C\CCCCC)COP(=O)(O)OC[C@@H](O)COP(=O)(O)OC[C@@H](COC(=O)CCCCCCC/C=C\C/C=C\CCCCC)OC(=O)CCCCCCC/C=C\C/C=C\CCCCC. The van der Waals surface area contributed by atoms with Crippen LogP contribution in [0.25, 0.3) is 0 Å². The van der Waals surface area contributed by atoms with Crippen molar-refractivity contribution in [3.05, 3.63) is 158 Å². The molecule has 0 aliphatic heterocycles. The number of ether oxygens (including phenoxy) is 4. The first-order chi connectivity index (χ1) is 51.7. The Bertz CT molecular complexity index is 2630. The maximum atomic E-state index is 13.1. The van der Waals surface area contributed by atoms with E-state index in [0.29, 0.717) is 38.5 Å². The molecule has 19 heteroatoms. The number of unbranched alkanes of at least 4 members (excludes halogenated alkanes) is 23. The van der Waals surface area contributed by atoms with Gasteiger partial charge in [-0.15, -0.1) is 0 Å². The monoisotopic (exact) mass is 1520 g/mol. The van der Waals surface area contributed by atoms with Crippen LogP contribution in [0.5, 0.6) is 0 Å². The Kier molecular flexibility index (Phi) is 73.9. The fraction of sp³-hybridized carbons (Fsp3) is 0.655. The first kappa shape index (κ1) is 101. The first-order valence-corrected chi connectivity index (χ1v) is 43.7. The van der Waals surface area contributed by atoms with Crippen molar-refractivity contribution < 1.29 is 80.2 Å². The number of rotatable bonds is 75. The van der Waals surface area contributed by atoms with Gasteiger partial charge in [-0.05, 0) is 167 Å². The van der Waals surface area contributed by atoms with Crippen LogP contribution < -0.4 is 0 Å². The summed E-state index contributed by atoms with van der Waals surface area (Å²) in [6.07, 6.45) is 90.9. The molecule has 0 saturated heterocycles. The molecule has 5 atom stereocenters. The van der Waals surface area contributed by atoms with E-state index in [1.54, 1.807) is 0 Å². The minimum atomic E-state index is -5.02. The number of esters is 4. The molecule has 0 bridgehead atoms. The van der Waals surface area contributed by atoms with Crippen LogP contribution >= 0.6 is 15.6 Å². The van der Waals surface area contributed by atoms with Gasteiger partial charge in [0.2, 0.25) is 0 Å². The Morgan fingerprint density at radius 3 is 0.802 bits per heavy atom. The van der Waals surface area contributed by atoms with Crippen LogP contribution in [0.3, 0.4) is 0 Å². The predicted octanol–water partition coefficient (Wildman–Crippen LogP) is 24.0. The maximum absolute atomic E-state index is 13.1. The number of carbonyl (C=O) groups is 4. The molecule has 0 aromatic rings. The molecule has 3 N–H and O–H groups in total. The minimum Gasteiger partial charge on any atom is -0.462 e. The van der Waals surface area contributed by atoms with E-state index in [9.17, 15) is 43.2 Å². The third-order valence-electron chi connectivity index (χ3n) is 16.4. The Hall–Kier alpha value is -5.32. The lowest BCUT2D eigenvalue weighted by Gasteiger charge is -2.21. The second kappa shape index (κ2) is 77.8. The summed E-state index contributed by atoms with van der Waals surface area (Å²) in [5, 5.41) is 10.6. The van der Waals surface area contributed by atoms with Gasteiger partial charge in [-0.25, -0.2) is 9.13 Å². The zero-order valence-corrected chi connectivity index (χ0v) is 67.8. The van der Waals surface area contributed by atoms with Crippen LogP contribution in [0.15, 0.2) is 158 Å². The van der Waals surface area contributed by atoms with Crippen LogP contribution in [-0.4, -0.2) is 96.7 Å². The first-order valence-electron chi connectivity index (χ1n) is 40.7. The number of carbonyl (C=O) groups excluding carboxylic acids is 4. The van der Waals surface area contributed by atoms with E-state index in [0.717, 1.165) is 141 Å². The predicted molar refractivity (Wildman–Crippen MR) is 436 cm³/mol. The molecule has 0 spiro atoms. The molecule has 604 valence electrons. The molecule has 0 aliphatic rings. The van der Waals surface area contributed by atoms with Crippen LogP contribution in [-0.2, 0) is 65.4 Å². The maximum Gasteiger partial charge on any atom is 0.472 e. The van der Waals surface area contributed by atoms with Crippen molar-refractivity contribution in [3.8, 4) is 0 Å². The number of hydrogen-bond donors (Lipinski definition) is 3. The molecule has 0 aromatic heterocycles. The van der Waals surface area contributed by atoms with E-state index in [-0.39, 0.29) is 25.7 Å². The third kappa shape index (κ3) is 76.9. The van der Waals surface area contributed by atoms with E-state index >= 15 is 0 Å². The van der Waals surface area contributed by atoms with Crippen molar-refractivity contribution in [3.63, 3.8) is 0 Å². The number of aliphatic hydroxyl groups excluding tert-OH is 1. The lowest BCUT2D eigenvalue weighted by Crippen LogP contribution is -2.30. The molecule has 0 fully saturated rings. The molecule has 0 radical (unpaired) electrons. The third-order valence-corrected chi connectivity index (χ3v) is 18.3. The summed E-state index contributed by atoms with van der Waals surface area (Å²) in [4.78, 5) is 73.0. The molecule has 0 rings (SSSR count). The average molecular weight is 1520 g/mol. The molecule has 0 aliphatic carbocycles. The second-order valence-electron chi connectivity index (χ2n) is 26.6. The van der Waals surface area contributed by atoms with Crippen LogP contribution in [0.2, 0.25) is 0 Å². The molecule has 0 saturated carbocycles. The van der Waals surface area contributed by atoms with Gasteiger partial charge >= 0.3 is 39.5 Å². The van der Waals surface area contributed by atoms with Gasteiger partial charge in [-0.1, -0.05) is 276 Å². The summed E-state index contributed by atoms with van der Waals surface area (Å²) >= 11 is 0. The lowest BCUT2D eigenvalue weighted by molar-refractivity contribution is -0.161. The quantitative estimate of drug-likeness (QED) is 0.0169. The zero-order chi connectivity index (χ0) is 77.4. The normalized spacial score (nSPS) is 14.7. The summed E-state index contributed by atoms with van der Waals surface area (Å²) in [7, 11) is -10.0. The summed E-state index contributed by atoms with van der Waals surface area (Å²) in [6.45, 7) is 4.58. The van der Waals surface area contributed by atoms with E-state index in [4.69, 9.17) is 37.0 Å². The van der Waals surface area contributed by atoms with Gasteiger partial charge < -0.3 is 33.8 Å².